The number of halogens is 1. The number of amides is 1. The lowest BCUT2D eigenvalue weighted by Gasteiger charge is -2.14. The van der Waals surface area contributed by atoms with Crippen molar-refractivity contribution in [2.45, 2.75) is 24.8 Å². The number of nitrogens with zero attached hydrogens (tertiary/aromatic N) is 3. The molecule has 2 heterocycles. The number of aromatic nitrogens is 3. The molecule has 10 nitrogen and oxygen atoms in total. The molecule has 32 heavy (non-hydrogen) atoms. The van der Waals surface area contributed by atoms with Gasteiger partial charge in [-0.3, -0.25) is 4.79 Å². The fourth-order valence-electron chi connectivity index (χ4n) is 2.45. The van der Waals surface area contributed by atoms with Crippen molar-refractivity contribution in [3.05, 3.63) is 71.3 Å². The summed E-state index contributed by atoms with van der Waals surface area (Å²) in [7, 11) is -3.92. The highest BCUT2D eigenvalue weighted by atomic mass is 35.5. The summed E-state index contributed by atoms with van der Waals surface area (Å²) in [6.45, 7) is 3.10. The second-order valence-corrected chi connectivity index (χ2v) is 8.57. The van der Waals surface area contributed by atoms with Gasteiger partial charge >= 0.3 is 5.97 Å². The maximum absolute atomic E-state index is 12.5. The van der Waals surface area contributed by atoms with Crippen molar-refractivity contribution in [1.82, 2.24) is 15.0 Å². The van der Waals surface area contributed by atoms with Gasteiger partial charge < -0.3 is 10.1 Å². The maximum Gasteiger partial charge on any atom is 0.342 e. The molecule has 2 N–H and O–H groups in total. The number of anilines is 2. The number of carbonyl (C=O) groups excluding carboxylic acids is 2. The van der Waals surface area contributed by atoms with E-state index < -0.39 is 28.0 Å². The van der Waals surface area contributed by atoms with Crippen LogP contribution in [0.3, 0.4) is 0 Å². The SMILES string of the molecule is Cc1ccnc(NS(=O)(=O)c2ccc(NC(=O)C(C)OC(=O)c3cccnc3Cl)cc2)n1. The minimum absolute atomic E-state index is 0.0356. The summed E-state index contributed by atoms with van der Waals surface area (Å²) in [5, 5.41) is 2.51. The molecule has 0 saturated heterocycles. The Morgan fingerprint density at radius 2 is 1.78 bits per heavy atom. The number of pyridine rings is 1. The predicted molar refractivity (Wildman–Crippen MR) is 117 cm³/mol. The first-order valence-electron chi connectivity index (χ1n) is 9.20. The van der Waals surface area contributed by atoms with E-state index in [2.05, 4.69) is 25.0 Å². The van der Waals surface area contributed by atoms with Gasteiger partial charge in [0.05, 0.1) is 10.5 Å². The number of sulfonamides is 1. The molecular weight excluding hydrogens is 458 g/mol. The van der Waals surface area contributed by atoms with Crippen LogP contribution in [0.1, 0.15) is 23.0 Å². The number of aryl methyl sites for hydroxylation is 1. The normalized spacial score (nSPS) is 12.0. The summed E-state index contributed by atoms with van der Waals surface area (Å²) in [5.74, 6) is -1.45. The summed E-state index contributed by atoms with van der Waals surface area (Å²) in [6.07, 6.45) is 1.72. The molecule has 1 aromatic carbocycles. The van der Waals surface area contributed by atoms with Crippen molar-refractivity contribution in [3.63, 3.8) is 0 Å². The van der Waals surface area contributed by atoms with Crippen LogP contribution in [-0.4, -0.2) is 41.4 Å². The van der Waals surface area contributed by atoms with Crippen LogP contribution < -0.4 is 10.0 Å². The van der Waals surface area contributed by atoms with Crippen LogP contribution in [0, 0.1) is 6.92 Å². The van der Waals surface area contributed by atoms with Crippen LogP contribution in [-0.2, 0) is 19.6 Å². The first-order valence-corrected chi connectivity index (χ1v) is 11.1. The minimum atomic E-state index is -3.92. The summed E-state index contributed by atoms with van der Waals surface area (Å²) in [5.41, 5.74) is 0.952. The third kappa shape index (κ3) is 5.77. The largest absolute Gasteiger partial charge is 0.449 e. The Morgan fingerprint density at radius 1 is 1.06 bits per heavy atom. The summed E-state index contributed by atoms with van der Waals surface area (Å²) < 4.78 is 32.4. The molecule has 0 saturated carbocycles. The second kappa shape index (κ2) is 9.71. The lowest BCUT2D eigenvalue weighted by Crippen LogP contribution is -2.30. The smallest absolute Gasteiger partial charge is 0.342 e. The van der Waals surface area contributed by atoms with Crippen molar-refractivity contribution >= 4 is 45.1 Å². The van der Waals surface area contributed by atoms with Gasteiger partial charge in [0.15, 0.2) is 6.10 Å². The molecule has 3 rings (SSSR count). The molecular formula is C20H18ClN5O5S. The Bertz CT molecular complexity index is 1250. The lowest BCUT2D eigenvalue weighted by atomic mass is 10.2. The molecule has 1 amide bonds. The Hall–Kier alpha value is -3.57. The van der Waals surface area contributed by atoms with Gasteiger partial charge in [-0.15, -0.1) is 0 Å². The van der Waals surface area contributed by atoms with Crippen molar-refractivity contribution in [2.24, 2.45) is 0 Å². The van der Waals surface area contributed by atoms with Gasteiger partial charge in [-0.2, -0.15) is 0 Å². The highest BCUT2D eigenvalue weighted by Crippen LogP contribution is 2.18. The van der Waals surface area contributed by atoms with Gasteiger partial charge in [0, 0.05) is 23.8 Å². The van der Waals surface area contributed by atoms with E-state index in [4.69, 9.17) is 16.3 Å². The standard InChI is InChI=1S/C20H18ClN5O5S/c1-12-9-11-23-20(24-12)26-32(29,30)15-7-5-14(6-8-15)25-18(27)13(2)31-19(28)16-4-3-10-22-17(16)21/h3-11,13H,1-2H3,(H,25,27)(H,23,24,26). The molecule has 0 fully saturated rings. The molecule has 12 heteroatoms. The first kappa shape index (κ1) is 23.1. The molecule has 166 valence electrons. The van der Waals surface area contributed by atoms with Crippen LogP contribution in [0.2, 0.25) is 5.15 Å². The molecule has 2 aromatic heterocycles. The van der Waals surface area contributed by atoms with Gasteiger partial charge in [0.1, 0.15) is 5.15 Å². The van der Waals surface area contributed by atoms with E-state index in [1.807, 2.05) is 0 Å². The van der Waals surface area contributed by atoms with Gasteiger partial charge in [-0.05, 0) is 56.3 Å². The van der Waals surface area contributed by atoms with Crippen LogP contribution >= 0.6 is 11.6 Å². The molecule has 3 aromatic rings. The molecule has 1 unspecified atom stereocenters. The monoisotopic (exact) mass is 475 g/mol. The molecule has 0 bridgehead atoms. The minimum Gasteiger partial charge on any atom is -0.449 e. The lowest BCUT2D eigenvalue weighted by molar-refractivity contribution is -0.123. The average molecular weight is 476 g/mol. The first-order chi connectivity index (χ1) is 15.2. The number of rotatable bonds is 7. The molecule has 0 aliphatic rings. The number of nitrogens with one attached hydrogen (secondary N) is 2. The van der Waals surface area contributed by atoms with E-state index in [0.29, 0.717) is 11.4 Å². The van der Waals surface area contributed by atoms with E-state index in [1.54, 1.807) is 13.0 Å². The fourth-order valence-corrected chi connectivity index (χ4v) is 3.60. The highest BCUT2D eigenvalue weighted by molar-refractivity contribution is 7.92. The van der Waals surface area contributed by atoms with E-state index >= 15 is 0 Å². The predicted octanol–water partition coefficient (Wildman–Crippen LogP) is 2.82. The van der Waals surface area contributed by atoms with Gasteiger partial charge in [-0.1, -0.05) is 11.6 Å². The van der Waals surface area contributed by atoms with Gasteiger partial charge in [0.2, 0.25) is 5.95 Å². The van der Waals surface area contributed by atoms with E-state index in [1.165, 1.54) is 55.7 Å². The Kier molecular flexibility index (Phi) is 7.01. The number of hydrogen-bond donors (Lipinski definition) is 2. The molecule has 0 aliphatic carbocycles. The zero-order valence-corrected chi connectivity index (χ0v) is 18.5. The third-order valence-electron chi connectivity index (χ3n) is 4.08. The second-order valence-electron chi connectivity index (χ2n) is 6.53. The average Bonchev–Trinajstić information content (AvgIpc) is 2.74. The Labute approximate surface area is 189 Å². The third-order valence-corrected chi connectivity index (χ3v) is 5.73. The van der Waals surface area contributed by atoms with Crippen LogP contribution in [0.15, 0.2) is 59.8 Å². The topological polar surface area (TPSA) is 140 Å². The Balaban J connectivity index is 1.62. The number of carbonyl (C=O) groups is 2. The van der Waals surface area contributed by atoms with Crippen molar-refractivity contribution in [1.29, 1.82) is 0 Å². The molecule has 0 spiro atoms. The summed E-state index contributed by atoms with van der Waals surface area (Å²) >= 11 is 5.85. The zero-order chi connectivity index (χ0) is 23.3. The number of ether oxygens (including phenoxy) is 1. The number of hydrogen-bond acceptors (Lipinski definition) is 8. The van der Waals surface area contributed by atoms with Crippen LogP contribution in [0.4, 0.5) is 11.6 Å². The maximum atomic E-state index is 12.5. The van der Waals surface area contributed by atoms with Gasteiger partial charge in [0.25, 0.3) is 15.9 Å². The number of esters is 1. The zero-order valence-electron chi connectivity index (χ0n) is 16.9. The number of benzene rings is 1. The van der Waals surface area contributed by atoms with Crippen LogP contribution in [0.5, 0.6) is 0 Å². The Morgan fingerprint density at radius 3 is 2.44 bits per heavy atom. The fraction of sp³-hybridized carbons (Fsp3) is 0.150. The van der Waals surface area contributed by atoms with Crippen molar-refractivity contribution < 1.29 is 22.7 Å². The van der Waals surface area contributed by atoms with Crippen molar-refractivity contribution in [3.8, 4) is 0 Å². The quantitative estimate of drug-likeness (QED) is 0.392. The summed E-state index contributed by atoms with van der Waals surface area (Å²) in [6, 6.07) is 9.99. The van der Waals surface area contributed by atoms with E-state index in [9.17, 15) is 18.0 Å². The molecule has 1 atom stereocenters. The van der Waals surface area contributed by atoms with Gasteiger partial charge in [-0.25, -0.2) is 32.9 Å². The van der Waals surface area contributed by atoms with E-state index in [0.717, 1.165) is 0 Å². The highest BCUT2D eigenvalue weighted by Gasteiger charge is 2.21. The van der Waals surface area contributed by atoms with E-state index in [-0.39, 0.29) is 21.6 Å². The summed E-state index contributed by atoms with van der Waals surface area (Å²) in [4.78, 5) is 36.1. The molecule has 0 aliphatic heterocycles. The molecule has 0 radical (unpaired) electrons. The van der Waals surface area contributed by atoms with Crippen molar-refractivity contribution in [2.75, 3.05) is 10.0 Å². The van der Waals surface area contributed by atoms with Crippen LogP contribution in [0.25, 0.3) is 0 Å².